The molecule has 1 aliphatic rings. The predicted molar refractivity (Wildman–Crippen MR) is 122 cm³/mol. The molecule has 0 radical (unpaired) electrons. The topological polar surface area (TPSA) is 58.6 Å². The summed E-state index contributed by atoms with van der Waals surface area (Å²) in [4.78, 5) is 10.6. The van der Waals surface area contributed by atoms with Crippen LogP contribution in [0.1, 0.15) is 58.4 Å². The zero-order valence-corrected chi connectivity index (χ0v) is 18.5. The van der Waals surface area contributed by atoms with E-state index in [2.05, 4.69) is 68.6 Å². The molecule has 0 saturated heterocycles. The van der Waals surface area contributed by atoms with Crippen molar-refractivity contribution in [2.24, 2.45) is 11.3 Å². The molecule has 2 aromatic rings. The molecule has 1 saturated carbocycles. The normalized spacial score (nSPS) is 19.4. The molecule has 0 unspecified atom stereocenters. The van der Waals surface area contributed by atoms with E-state index in [1.54, 1.807) is 0 Å². The highest BCUT2D eigenvalue weighted by atomic mass is 16.5. The van der Waals surface area contributed by atoms with Crippen molar-refractivity contribution in [2.75, 3.05) is 6.54 Å². The van der Waals surface area contributed by atoms with Crippen molar-refractivity contribution in [3.8, 4) is 16.9 Å². The lowest BCUT2D eigenvalue weighted by atomic mass is 9.72. The molecule has 0 aliphatic heterocycles. The van der Waals surface area contributed by atoms with Crippen molar-refractivity contribution in [3.05, 3.63) is 54.1 Å². The average molecular weight is 410 g/mol. The van der Waals surface area contributed by atoms with Crippen LogP contribution in [0.5, 0.6) is 5.75 Å². The summed E-state index contributed by atoms with van der Waals surface area (Å²) in [5.41, 5.74) is 3.82. The van der Waals surface area contributed by atoms with E-state index in [0.29, 0.717) is 24.6 Å². The average Bonchev–Trinajstić information content (AvgIpc) is 2.71. The Hall–Kier alpha value is -2.33. The quantitative estimate of drug-likeness (QED) is 0.533. The minimum absolute atomic E-state index is 0.136. The van der Waals surface area contributed by atoms with E-state index in [1.807, 2.05) is 6.07 Å². The number of nitrogens with one attached hydrogen (secondary N) is 1. The van der Waals surface area contributed by atoms with Crippen molar-refractivity contribution in [1.82, 2.24) is 5.32 Å². The van der Waals surface area contributed by atoms with Gasteiger partial charge in [0.2, 0.25) is 0 Å². The fourth-order valence-electron chi connectivity index (χ4n) is 4.28. The number of carboxylic acid groups (broad SMARTS) is 1. The molecule has 0 heterocycles. The SMILES string of the molecule is CC(C)(C)C1CCC(Oc2cccc(-c3cccc(CNCCC(=O)O)c3)c2)CC1. The first-order valence-electron chi connectivity index (χ1n) is 11.1. The maximum atomic E-state index is 10.6. The second-order valence-electron chi connectivity index (χ2n) is 9.51. The van der Waals surface area contributed by atoms with E-state index in [1.165, 1.54) is 12.8 Å². The fourth-order valence-corrected chi connectivity index (χ4v) is 4.28. The van der Waals surface area contributed by atoms with Crippen molar-refractivity contribution < 1.29 is 14.6 Å². The van der Waals surface area contributed by atoms with Gasteiger partial charge in [-0.15, -0.1) is 0 Å². The van der Waals surface area contributed by atoms with Crippen LogP contribution in [-0.2, 0) is 11.3 Å². The summed E-state index contributed by atoms with van der Waals surface area (Å²) in [6.45, 7) is 8.17. The molecule has 162 valence electrons. The molecule has 2 N–H and O–H groups in total. The number of benzene rings is 2. The van der Waals surface area contributed by atoms with E-state index in [-0.39, 0.29) is 6.42 Å². The van der Waals surface area contributed by atoms with Crippen LogP contribution in [0.4, 0.5) is 0 Å². The zero-order chi connectivity index (χ0) is 21.6. The molecule has 1 aliphatic carbocycles. The van der Waals surface area contributed by atoms with Gasteiger partial charge in [-0.1, -0.05) is 51.1 Å². The largest absolute Gasteiger partial charge is 0.490 e. The molecule has 0 bridgehead atoms. The summed E-state index contributed by atoms with van der Waals surface area (Å²) in [6, 6.07) is 16.7. The van der Waals surface area contributed by atoms with Gasteiger partial charge in [0.05, 0.1) is 12.5 Å². The van der Waals surface area contributed by atoms with Crippen LogP contribution in [-0.4, -0.2) is 23.7 Å². The van der Waals surface area contributed by atoms with E-state index >= 15 is 0 Å². The lowest BCUT2D eigenvalue weighted by Gasteiger charge is -2.37. The third-order valence-electron chi connectivity index (χ3n) is 6.14. The Morgan fingerprint density at radius 3 is 2.37 bits per heavy atom. The molecular weight excluding hydrogens is 374 g/mol. The molecule has 0 atom stereocenters. The van der Waals surface area contributed by atoms with Crippen LogP contribution in [0.2, 0.25) is 0 Å². The molecule has 4 heteroatoms. The number of ether oxygens (including phenoxy) is 1. The van der Waals surface area contributed by atoms with Gasteiger partial charge in [-0.05, 0) is 71.9 Å². The summed E-state index contributed by atoms with van der Waals surface area (Å²) in [6.07, 6.45) is 5.18. The van der Waals surface area contributed by atoms with Gasteiger partial charge in [0.15, 0.2) is 0 Å². The number of hydrogen-bond donors (Lipinski definition) is 2. The first-order chi connectivity index (χ1) is 14.3. The smallest absolute Gasteiger partial charge is 0.304 e. The van der Waals surface area contributed by atoms with Gasteiger partial charge < -0.3 is 15.2 Å². The van der Waals surface area contributed by atoms with Gasteiger partial charge in [-0.25, -0.2) is 0 Å². The Bertz CT molecular complexity index is 832. The van der Waals surface area contributed by atoms with Gasteiger partial charge in [0.25, 0.3) is 0 Å². The van der Waals surface area contributed by atoms with Crippen LogP contribution in [0.15, 0.2) is 48.5 Å². The third-order valence-corrected chi connectivity index (χ3v) is 6.14. The molecule has 0 amide bonds. The van der Waals surface area contributed by atoms with Crippen molar-refractivity contribution in [2.45, 2.75) is 65.5 Å². The molecule has 2 aromatic carbocycles. The minimum atomic E-state index is -0.778. The van der Waals surface area contributed by atoms with Gasteiger partial charge >= 0.3 is 5.97 Å². The van der Waals surface area contributed by atoms with Gasteiger partial charge in [-0.3, -0.25) is 4.79 Å². The fraction of sp³-hybridized carbons (Fsp3) is 0.500. The molecular formula is C26H35NO3. The predicted octanol–water partition coefficient (Wildman–Crippen LogP) is 5.90. The molecule has 3 rings (SSSR count). The van der Waals surface area contributed by atoms with Gasteiger partial charge in [0, 0.05) is 13.1 Å². The van der Waals surface area contributed by atoms with Crippen molar-refractivity contribution >= 4 is 5.97 Å². The van der Waals surface area contributed by atoms with Crippen molar-refractivity contribution in [1.29, 1.82) is 0 Å². The Labute approximate surface area is 180 Å². The van der Waals surface area contributed by atoms with Crippen LogP contribution < -0.4 is 10.1 Å². The molecule has 30 heavy (non-hydrogen) atoms. The second kappa shape index (κ2) is 10.1. The highest BCUT2D eigenvalue weighted by molar-refractivity contribution is 5.67. The van der Waals surface area contributed by atoms with E-state index in [4.69, 9.17) is 9.84 Å². The Kier molecular flexibility index (Phi) is 7.54. The molecule has 0 aromatic heterocycles. The highest BCUT2D eigenvalue weighted by Crippen LogP contribution is 2.39. The Morgan fingerprint density at radius 1 is 1.03 bits per heavy atom. The maximum Gasteiger partial charge on any atom is 0.304 e. The number of carboxylic acids is 1. The standard InChI is InChI=1S/C26H35NO3/c1-26(2,3)22-10-12-23(13-11-22)30-24-9-5-8-21(17-24)20-7-4-6-19(16-20)18-27-15-14-25(28)29/h4-9,16-17,22-23,27H,10-15,18H2,1-3H3,(H,28,29). The number of rotatable bonds is 8. The van der Waals surface area contributed by atoms with E-state index < -0.39 is 5.97 Å². The van der Waals surface area contributed by atoms with Crippen LogP contribution in [0, 0.1) is 11.3 Å². The molecule has 0 spiro atoms. The minimum Gasteiger partial charge on any atom is -0.490 e. The first-order valence-corrected chi connectivity index (χ1v) is 11.1. The molecule has 4 nitrogen and oxygen atoms in total. The monoisotopic (exact) mass is 409 g/mol. The summed E-state index contributed by atoms with van der Waals surface area (Å²) in [5.74, 6) is 0.951. The van der Waals surface area contributed by atoms with E-state index in [9.17, 15) is 4.79 Å². The van der Waals surface area contributed by atoms with Crippen LogP contribution in [0.25, 0.3) is 11.1 Å². The zero-order valence-electron chi connectivity index (χ0n) is 18.5. The summed E-state index contributed by atoms with van der Waals surface area (Å²) in [7, 11) is 0. The Balaban J connectivity index is 1.59. The van der Waals surface area contributed by atoms with Crippen LogP contribution in [0.3, 0.4) is 0 Å². The number of hydrogen-bond acceptors (Lipinski definition) is 3. The van der Waals surface area contributed by atoms with E-state index in [0.717, 1.165) is 41.2 Å². The van der Waals surface area contributed by atoms with Gasteiger partial charge in [0.1, 0.15) is 5.75 Å². The lowest BCUT2D eigenvalue weighted by molar-refractivity contribution is -0.136. The van der Waals surface area contributed by atoms with Crippen molar-refractivity contribution in [3.63, 3.8) is 0 Å². The summed E-state index contributed by atoms with van der Waals surface area (Å²) < 4.78 is 6.34. The lowest BCUT2D eigenvalue weighted by Crippen LogP contribution is -2.30. The number of aliphatic carboxylic acids is 1. The maximum absolute atomic E-state index is 10.6. The Morgan fingerprint density at radius 2 is 1.70 bits per heavy atom. The third kappa shape index (κ3) is 6.60. The first kappa shape index (κ1) is 22.4. The van der Waals surface area contributed by atoms with Gasteiger partial charge in [-0.2, -0.15) is 0 Å². The summed E-state index contributed by atoms with van der Waals surface area (Å²) >= 11 is 0. The second-order valence-corrected chi connectivity index (χ2v) is 9.51. The van der Waals surface area contributed by atoms with Crippen LogP contribution >= 0.6 is 0 Å². The highest BCUT2D eigenvalue weighted by Gasteiger charge is 2.30. The summed E-state index contributed by atoms with van der Waals surface area (Å²) in [5, 5.41) is 11.9. The number of carbonyl (C=O) groups is 1. The molecule has 1 fully saturated rings.